The van der Waals surface area contributed by atoms with Gasteiger partial charge in [0.05, 0.1) is 0 Å². The van der Waals surface area contributed by atoms with E-state index in [1.807, 2.05) is 0 Å². The Morgan fingerprint density at radius 1 is 1.03 bits per heavy atom. The molecule has 0 N–H and O–H groups in total. The summed E-state index contributed by atoms with van der Waals surface area (Å²) in [6.45, 7) is 9.95. The summed E-state index contributed by atoms with van der Waals surface area (Å²) in [4.78, 5) is 11.3. The van der Waals surface area contributed by atoms with Crippen LogP contribution in [0.1, 0.15) is 53.4 Å². The van der Waals surface area contributed by atoms with Gasteiger partial charge in [-0.2, -0.15) is 0 Å². The number of hydrogen-bond acceptors (Lipinski definition) is 2. The minimum atomic E-state index is -2.40. The van der Waals surface area contributed by atoms with E-state index in [2.05, 4.69) is 88.4 Å². The summed E-state index contributed by atoms with van der Waals surface area (Å²) in [7, 11) is -2.40. The molecular formula is C27H36O2Si. The minimum absolute atomic E-state index is 0.00909. The molecular weight excluding hydrogens is 384 g/mol. The smallest absolute Gasteiger partial charge is 0.261 e. The molecule has 30 heavy (non-hydrogen) atoms. The van der Waals surface area contributed by atoms with Crippen LogP contribution in [0.4, 0.5) is 0 Å². The lowest BCUT2D eigenvalue weighted by Crippen LogP contribution is -2.66. The molecule has 4 rings (SSSR count). The second-order valence-corrected chi connectivity index (χ2v) is 15.1. The van der Waals surface area contributed by atoms with Crippen molar-refractivity contribution < 1.29 is 9.22 Å². The molecule has 0 bridgehead atoms. The maximum absolute atomic E-state index is 11.3. The molecule has 2 aliphatic carbocycles. The predicted octanol–water partition coefficient (Wildman–Crippen LogP) is 5.20. The first-order valence-electron chi connectivity index (χ1n) is 11.5. The van der Waals surface area contributed by atoms with Crippen LogP contribution in [-0.2, 0) is 9.22 Å². The van der Waals surface area contributed by atoms with Crippen LogP contribution in [0.3, 0.4) is 0 Å². The van der Waals surface area contributed by atoms with Crippen molar-refractivity contribution in [2.24, 2.45) is 23.2 Å². The van der Waals surface area contributed by atoms with E-state index >= 15 is 0 Å². The van der Waals surface area contributed by atoms with Crippen molar-refractivity contribution in [3.8, 4) is 0 Å². The molecule has 2 saturated carbocycles. The first kappa shape index (κ1) is 21.5. The third-order valence-electron chi connectivity index (χ3n) is 7.56. The van der Waals surface area contributed by atoms with Crippen molar-refractivity contribution >= 4 is 25.0 Å². The Morgan fingerprint density at radius 3 is 2.07 bits per heavy atom. The normalized spacial score (nSPS) is 28.2. The van der Waals surface area contributed by atoms with Crippen LogP contribution in [0.2, 0.25) is 5.04 Å². The fraction of sp³-hybridized carbons (Fsp3) is 0.519. The lowest BCUT2D eigenvalue weighted by atomic mass is 10.0. The molecule has 0 spiro atoms. The van der Waals surface area contributed by atoms with Crippen LogP contribution >= 0.6 is 0 Å². The lowest BCUT2D eigenvalue weighted by molar-refractivity contribution is -0.112. The molecule has 0 heterocycles. The summed E-state index contributed by atoms with van der Waals surface area (Å²) < 4.78 is 7.00. The Morgan fingerprint density at radius 2 is 1.60 bits per heavy atom. The van der Waals surface area contributed by atoms with Crippen LogP contribution in [0.5, 0.6) is 0 Å². The second-order valence-electron chi connectivity index (χ2n) is 10.7. The van der Waals surface area contributed by atoms with Gasteiger partial charge in [-0.3, -0.25) is 0 Å². The molecule has 2 nitrogen and oxygen atoms in total. The molecule has 0 amide bonds. The monoisotopic (exact) mass is 420 g/mol. The molecule has 0 aromatic heterocycles. The number of benzene rings is 2. The van der Waals surface area contributed by atoms with Crippen LogP contribution in [0.25, 0.3) is 0 Å². The number of aldehydes is 1. The van der Waals surface area contributed by atoms with Crippen molar-refractivity contribution in [1.29, 1.82) is 0 Å². The highest BCUT2D eigenvalue weighted by atomic mass is 28.4. The molecule has 2 aliphatic rings. The zero-order valence-corrected chi connectivity index (χ0v) is 19.9. The standard InChI is InChI=1S/C27H36O2Si/c1-26(2,3)30(22-13-7-5-8-14-22,23-15-9-6-10-16-23)29-17-11-12-21-18-24(21)25-19-27(25,4)20-28/h5-10,13-16,20-21,24-25H,11-12,17-19H2,1-4H3/t21-,24-,25+,27+/m0/s1. The van der Waals surface area contributed by atoms with E-state index in [-0.39, 0.29) is 10.5 Å². The summed E-state index contributed by atoms with van der Waals surface area (Å²) in [6, 6.07) is 21.8. The third-order valence-corrected chi connectivity index (χ3v) is 12.6. The van der Waals surface area contributed by atoms with E-state index < -0.39 is 8.32 Å². The minimum Gasteiger partial charge on any atom is -0.407 e. The van der Waals surface area contributed by atoms with Crippen molar-refractivity contribution in [2.45, 2.75) is 58.4 Å². The second kappa shape index (κ2) is 8.09. The average molecular weight is 421 g/mol. The van der Waals surface area contributed by atoms with Gasteiger partial charge in [0.15, 0.2) is 0 Å². The number of hydrogen-bond donors (Lipinski definition) is 0. The van der Waals surface area contributed by atoms with Crippen LogP contribution < -0.4 is 10.4 Å². The molecule has 160 valence electrons. The molecule has 2 aromatic carbocycles. The van der Waals surface area contributed by atoms with Gasteiger partial charge in [-0.05, 0) is 58.8 Å². The fourth-order valence-electron chi connectivity index (χ4n) is 5.62. The largest absolute Gasteiger partial charge is 0.407 e. The Hall–Kier alpha value is -1.71. The van der Waals surface area contributed by atoms with Crippen molar-refractivity contribution in [2.75, 3.05) is 6.61 Å². The zero-order chi connectivity index (χ0) is 21.4. The quantitative estimate of drug-likeness (QED) is 0.316. The summed E-state index contributed by atoms with van der Waals surface area (Å²) in [5, 5.41) is 2.75. The summed E-state index contributed by atoms with van der Waals surface area (Å²) in [6.07, 6.45) is 5.95. The van der Waals surface area contributed by atoms with E-state index in [1.165, 1.54) is 29.5 Å². The fourth-order valence-corrected chi connectivity index (χ4v) is 10.2. The van der Waals surface area contributed by atoms with Gasteiger partial charge in [0, 0.05) is 12.0 Å². The molecule has 0 radical (unpaired) electrons. The third kappa shape index (κ3) is 3.94. The number of carbonyl (C=O) groups excluding carboxylic acids is 1. The Labute approximate surface area is 183 Å². The summed E-state index contributed by atoms with van der Waals surface area (Å²) in [5.74, 6) is 2.24. The maximum atomic E-state index is 11.3. The van der Waals surface area contributed by atoms with Gasteiger partial charge in [0.2, 0.25) is 0 Å². The SMILES string of the molecule is CC(C)(C)[Si](OCCC[C@H]1C[C@@H]1[C@H]1C[C@]1(C)C=O)(c1ccccc1)c1ccccc1. The molecule has 2 fully saturated rings. The van der Waals surface area contributed by atoms with Crippen molar-refractivity contribution in [3.63, 3.8) is 0 Å². The van der Waals surface area contributed by atoms with E-state index in [9.17, 15) is 4.79 Å². The Kier molecular flexibility index (Phi) is 5.80. The Bertz CT molecular complexity index is 818. The van der Waals surface area contributed by atoms with Gasteiger partial charge in [0.25, 0.3) is 8.32 Å². The Balaban J connectivity index is 1.46. The molecule has 0 saturated heterocycles. The molecule has 0 aliphatic heterocycles. The maximum Gasteiger partial charge on any atom is 0.261 e. The van der Waals surface area contributed by atoms with E-state index in [0.29, 0.717) is 5.92 Å². The van der Waals surface area contributed by atoms with Gasteiger partial charge in [0.1, 0.15) is 6.29 Å². The van der Waals surface area contributed by atoms with Crippen LogP contribution in [0.15, 0.2) is 60.7 Å². The molecule has 0 unspecified atom stereocenters. The van der Waals surface area contributed by atoms with Gasteiger partial charge in [-0.25, -0.2) is 0 Å². The van der Waals surface area contributed by atoms with Crippen molar-refractivity contribution in [3.05, 3.63) is 60.7 Å². The molecule has 3 heteroatoms. The predicted molar refractivity (Wildman–Crippen MR) is 127 cm³/mol. The van der Waals surface area contributed by atoms with Crippen LogP contribution in [0, 0.1) is 23.2 Å². The van der Waals surface area contributed by atoms with E-state index in [0.717, 1.165) is 31.3 Å². The topological polar surface area (TPSA) is 26.3 Å². The van der Waals surface area contributed by atoms with Gasteiger partial charge >= 0.3 is 0 Å². The van der Waals surface area contributed by atoms with E-state index in [4.69, 9.17) is 4.43 Å². The van der Waals surface area contributed by atoms with Crippen LogP contribution in [-0.4, -0.2) is 21.2 Å². The van der Waals surface area contributed by atoms with Gasteiger partial charge in [-0.1, -0.05) is 88.4 Å². The van der Waals surface area contributed by atoms with Crippen molar-refractivity contribution in [1.82, 2.24) is 0 Å². The summed E-state index contributed by atoms with van der Waals surface area (Å²) >= 11 is 0. The average Bonchev–Trinajstić information content (AvgIpc) is 3.64. The lowest BCUT2D eigenvalue weighted by Gasteiger charge is -2.43. The molecule has 2 aromatic rings. The summed E-state index contributed by atoms with van der Waals surface area (Å²) in [5.41, 5.74) is -0.00909. The zero-order valence-electron chi connectivity index (χ0n) is 18.9. The first-order valence-corrected chi connectivity index (χ1v) is 13.4. The highest BCUT2D eigenvalue weighted by molar-refractivity contribution is 6.99. The number of carbonyl (C=O) groups is 1. The first-order chi connectivity index (χ1) is 14.3. The van der Waals surface area contributed by atoms with Gasteiger partial charge in [-0.15, -0.1) is 0 Å². The van der Waals surface area contributed by atoms with E-state index in [1.54, 1.807) is 0 Å². The highest BCUT2D eigenvalue weighted by Gasteiger charge is 2.60. The van der Waals surface area contributed by atoms with Gasteiger partial charge < -0.3 is 9.22 Å². The highest BCUT2D eigenvalue weighted by Crippen LogP contribution is 2.64. The number of rotatable bonds is 9. The molecule has 4 atom stereocenters.